The summed E-state index contributed by atoms with van der Waals surface area (Å²) in [6.45, 7) is 2.76. The lowest BCUT2D eigenvalue weighted by molar-refractivity contribution is 0.788. The molecule has 18 heavy (non-hydrogen) atoms. The summed E-state index contributed by atoms with van der Waals surface area (Å²) in [5, 5.41) is 0. The molecule has 2 rings (SSSR count). The topological polar surface area (TPSA) is 55.0 Å². The van der Waals surface area contributed by atoms with E-state index >= 15 is 0 Å². The third-order valence-electron chi connectivity index (χ3n) is 2.84. The molecule has 1 atom stereocenters. The average Bonchev–Trinajstić information content (AvgIpc) is 2.40. The molecular formula is C14H18N4. The first kappa shape index (κ1) is 12.5. The first-order valence-corrected chi connectivity index (χ1v) is 5.99. The predicted octanol–water partition coefficient (Wildman–Crippen LogP) is 2.13. The van der Waals surface area contributed by atoms with Gasteiger partial charge in [-0.15, -0.1) is 0 Å². The van der Waals surface area contributed by atoms with Gasteiger partial charge < -0.3 is 10.6 Å². The molecule has 0 aliphatic rings. The summed E-state index contributed by atoms with van der Waals surface area (Å²) in [7, 11) is 2.02. The second kappa shape index (κ2) is 5.60. The van der Waals surface area contributed by atoms with Gasteiger partial charge in [-0.05, 0) is 30.7 Å². The molecule has 0 aromatic carbocycles. The minimum absolute atomic E-state index is 0.0198. The molecule has 0 radical (unpaired) electrons. The molecule has 0 aliphatic heterocycles. The zero-order valence-electron chi connectivity index (χ0n) is 10.7. The summed E-state index contributed by atoms with van der Waals surface area (Å²) in [5.41, 5.74) is 8.24. The Balaban J connectivity index is 2.21. The van der Waals surface area contributed by atoms with Gasteiger partial charge in [-0.2, -0.15) is 0 Å². The maximum atomic E-state index is 5.97. The van der Waals surface area contributed by atoms with Crippen LogP contribution in [-0.2, 0) is 6.54 Å². The highest BCUT2D eigenvalue weighted by molar-refractivity contribution is 5.47. The van der Waals surface area contributed by atoms with Gasteiger partial charge in [0.1, 0.15) is 5.82 Å². The van der Waals surface area contributed by atoms with Crippen LogP contribution in [0.5, 0.6) is 0 Å². The van der Waals surface area contributed by atoms with Crippen molar-refractivity contribution < 1.29 is 0 Å². The van der Waals surface area contributed by atoms with E-state index in [1.807, 2.05) is 38.2 Å². The fourth-order valence-electron chi connectivity index (χ4n) is 1.92. The number of rotatable bonds is 4. The fourth-order valence-corrected chi connectivity index (χ4v) is 1.92. The normalized spacial score (nSPS) is 12.2. The van der Waals surface area contributed by atoms with Gasteiger partial charge in [-0.25, -0.2) is 4.98 Å². The maximum absolute atomic E-state index is 5.97. The number of pyridine rings is 2. The van der Waals surface area contributed by atoms with Crippen LogP contribution >= 0.6 is 0 Å². The van der Waals surface area contributed by atoms with E-state index in [4.69, 9.17) is 5.73 Å². The molecule has 4 heteroatoms. The molecule has 0 fully saturated rings. The summed E-state index contributed by atoms with van der Waals surface area (Å²) in [4.78, 5) is 10.5. The molecule has 0 bridgehead atoms. The Morgan fingerprint density at radius 2 is 1.94 bits per heavy atom. The average molecular weight is 242 g/mol. The Labute approximate surface area is 107 Å². The molecule has 2 aromatic heterocycles. The molecule has 0 spiro atoms. The standard InChI is InChI=1S/C14H18N4/c1-11(15)13-4-3-7-17-14(13)18(2)10-12-5-8-16-9-6-12/h3-9,11H,10,15H2,1-2H3/t11-/m1/s1. The monoisotopic (exact) mass is 242 g/mol. The van der Waals surface area contributed by atoms with Gasteiger partial charge >= 0.3 is 0 Å². The van der Waals surface area contributed by atoms with E-state index in [0.717, 1.165) is 17.9 Å². The zero-order chi connectivity index (χ0) is 13.0. The second-order valence-corrected chi connectivity index (χ2v) is 4.42. The SMILES string of the molecule is C[C@@H](N)c1cccnc1N(C)Cc1ccncc1. The first-order chi connectivity index (χ1) is 8.68. The fraction of sp³-hybridized carbons (Fsp3) is 0.286. The van der Waals surface area contributed by atoms with Crippen molar-refractivity contribution in [2.45, 2.75) is 19.5 Å². The van der Waals surface area contributed by atoms with Crippen molar-refractivity contribution in [2.24, 2.45) is 5.73 Å². The van der Waals surface area contributed by atoms with Crippen LogP contribution in [-0.4, -0.2) is 17.0 Å². The van der Waals surface area contributed by atoms with Crippen LogP contribution in [0.1, 0.15) is 24.1 Å². The van der Waals surface area contributed by atoms with E-state index < -0.39 is 0 Å². The molecule has 0 saturated heterocycles. The van der Waals surface area contributed by atoms with Gasteiger partial charge in [-0.3, -0.25) is 4.98 Å². The number of nitrogens with zero attached hydrogens (tertiary/aromatic N) is 3. The highest BCUT2D eigenvalue weighted by atomic mass is 15.2. The van der Waals surface area contributed by atoms with Crippen molar-refractivity contribution >= 4 is 5.82 Å². The first-order valence-electron chi connectivity index (χ1n) is 5.99. The summed E-state index contributed by atoms with van der Waals surface area (Å²) >= 11 is 0. The lowest BCUT2D eigenvalue weighted by Crippen LogP contribution is -2.21. The Morgan fingerprint density at radius 3 is 2.61 bits per heavy atom. The van der Waals surface area contributed by atoms with Crippen molar-refractivity contribution in [3.05, 3.63) is 54.0 Å². The maximum Gasteiger partial charge on any atom is 0.133 e. The minimum atomic E-state index is -0.0198. The van der Waals surface area contributed by atoms with Crippen LogP contribution in [0.25, 0.3) is 0 Å². The van der Waals surface area contributed by atoms with E-state index in [-0.39, 0.29) is 6.04 Å². The van der Waals surface area contributed by atoms with E-state index in [2.05, 4.69) is 14.9 Å². The van der Waals surface area contributed by atoms with Crippen molar-refractivity contribution in [2.75, 3.05) is 11.9 Å². The second-order valence-electron chi connectivity index (χ2n) is 4.42. The van der Waals surface area contributed by atoms with Crippen LogP contribution in [0.15, 0.2) is 42.9 Å². The van der Waals surface area contributed by atoms with Crippen LogP contribution in [0.3, 0.4) is 0 Å². The van der Waals surface area contributed by atoms with Gasteiger partial charge in [0, 0.05) is 43.8 Å². The summed E-state index contributed by atoms with van der Waals surface area (Å²) in [6.07, 6.45) is 5.40. The number of hydrogen-bond acceptors (Lipinski definition) is 4. The molecule has 2 heterocycles. The van der Waals surface area contributed by atoms with E-state index in [0.29, 0.717) is 0 Å². The smallest absolute Gasteiger partial charge is 0.133 e. The van der Waals surface area contributed by atoms with E-state index in [1.165, 1.54) is 5.56 Å². The quantitative estimate of drug-likeness (QED) is 0.892. The number of aromatic nitrogens is 2. The predicted molar refractivity (Wildman–Crippen MR) is 73.2 cm³/mol. The lowest BCUT2D eigenvalue weighted by Gasteiger charge is -2.22. The highest BCUT2D eigenvalue weighted by Crippen LogP contribution is 2.22. The summed E-state index contributed by atoms with van der Waals surface area (Å²) in [6, 6.07) is 7.93. The summed E-state index contributed by atoms with van der Waals surface area (Å²) < 4.78 is 0. The molecule has 0 aliphatic carbocycles. The molecule has 94 valence electrons. The van der Waals surface area contributed by atoms with Crippen LogP contribution in [0.2, 0.25) is 0 Å². The minimum Gasteiger partial charge on any atom is -0.355 e. The number of nitrogens with two attached hydrogens (primary N) is 1. The third kappa shape index (κ3) is 2.84. The zero-order valence-corrected chi connectivity index (χ0v) is 10.7. The Bertz CT molecular complexity index is 496. The molecule has 2 aromatic rings. The summed E-state index contributed by atoms with van der Waals surface area (Å²) in [5.74, 6) is 0.935. The van der Waals surface area contributed by atoms with Gasteiger partial charge in [-0.1, -0.05) is 6.07 Å². The Kier molecular flexibility index (Phi) is 3.89. The highest BCUT2D eigenvalue weighted by Gasteiger charge is 2.11. The number of anilines is 1. The third-order valence-corrected chi connectivity index (χ3v) is 2.84. The van der Waals surface area contributed by atoms with Gasteiger partial charge in [0.25, 0.3) is 0 Å². The van der Waals surface area contributed by atoms with Crippen molar-refractivity contribution in [3.63, 3.8) is 0 Å². The molecule has 0 amide bonds. The lowest BCUT2D eigenvalue weighted by atomic mass is 10.1. The van der Waals surface area contributed by atoms with Crippen molar-refractivity contribution in [1.29, 1.82) is 0 Å². The van der Waals surface area contributed by atoms with Gasteiger partial charge in [0.2, 0.25) is 0 Å². The molecule has 0 unspecified atom stereocenters. The largest absolute Gasteiger partial charge is 0.355 e. The van der Waals surface area contributed by atoms with E-state index in [9.17, 15) is 0 Å². The van der Waals surface area contributed by atoms with Crippen LogP contribution in [0.4, 0.5) is 5.82 Å². The molecular weight excluding hydrogens is 224 g/mol. The number of hydrogen-bond donors (Lipinski definition) is 1. The van der Waals surface area contributed by atoms with Gasteiger partial charge in [0.05, 0.1) is 0 Å². The van der Waals surface area contributed by atoms with E-state index in [1.54, 1.807) is 18.6 Å². The molecule has 0 saturated carbocycles. The van der Waals surface area contributed by atoms with Crippen molar-refractivity contribution in [3.8, 4) is 0 Å². The van der Waals surface area contributed by atoms with Crippen molar-refractivity contribution in [1.82, 2.24) is 9.97 Å². The Hall–Kier alpha value is -1.94. The van der Waals surface area contributed by atoms with Crippen LogP contribution in [0, 0.1) is 0 Å². The molecule has 2 N–H and O–H groups in total. The molecule has 4 nitrogen and oxygen atoms in total. The van der Waals surface area contributed by atoms with Gasteiger partial charge in [0.15, 0.2) is 0 Å². The Morgan fingerprint density at radius 1 is 1.22 bits per heavy atom. The van der Waals surface area contributed by atoms with Crippen LogP contribution < -0.4 is 10.6 Å².